The molecule has 1 atom stereocenters. The van der Waals surface area contributed by atoms with E-state index in [9.17, 15) is 0 Å². The number of benzene rings is 1. The number of nitrogens with zero attached hydrogens (tertiary/aromatic N) is 3. The molecule has 1 fully saturated rings. The topological polar surface area (TPSA) is 61.4 Å². The van der Waals surface area contributed by atoms with Crippen LogP contribution < -0.4 is 20.1 Å². The van der Waals surface area contributed by atoms with Gasteiger partial charge in [-0.25, -0.2) is 0 Å². The number of nitrogens with one attached hydrogen (secondary N) is 2. The summed E-state index contributed by atoms with van der Waals surface area (Å²) in [5.41, 5.74) is 1.22. The second-order valence-electron chi connectivity index (χ2n) is 8.43. The minimum absolute atomic E-state index is 0.507. The Morgan fingerprint density at radius 2 is 1.71 bits per heavy atom. The van der Waals surface area contributed by atoms with E-state index >= 15 is 0 Å². The highest BCUT2D eigenvalue weighted by Crippen LogP contribution is 2.28. The molecule has 2 rings (SSSR count). The second-order valence-corrected chi connectivity index (χ2v) is 8.43. The smallest absolute Gasteiger partial charge is 0.191 e. The standard InChI is InChI=1S/C24H43N5O2/c1-7-30-22-10-9-20(17-23(22)31-8-2)11-12-26-24(25-5)27-18-21(19(3)4)29-15-13-28(6)14-16-29/h9-10,17,19,21H,7-8,11-16,18H2,1-6H3,(H2,25,26,27). The monoisotopic (exact) mass is 433 g/mol. The Labute approximate surface area is 189 Å². The zero-order valence-corrected chi connectivity index (χ0v) is 20.4. The van der Waals surface area contributed by atoms with Crippen LogP contribution in [0, 0.1) is 5.92 Å². The van der Waals surface area contributed by atoms with Crippen molar-refractivity contribution in [1.82, 2.24) is 20.4 Å². The van der Waals surface area contributed by atoms with Gasteiger partial charge in [-0.3, -0.25) is 9.89 Å². The first-order valence-corrected chi connectivity index (χ1v) is 11.7. The van der Waals surface area contributed by atoms with Crippen molar-refractivity contribution in [2.75, 3.05) is 66.6 Å². The predicted octanol–water partition coefficient (Wildman–Crippen LogP) is 2.46. The molecule has 0 aliphatic carbocycles. The number of piperazine rings is 1. The van der Waals surface area contributed by atoms with E-state index in [-0.39, 0.29) is 0 Å². The van der Waals surface area contributed by atoms with Crippen LogP contribution in [0.2, 0.25) is 0 Å². The first kappa shape index (κ1) is 25.3. The lowest BCUT2D eigenvalue weighted by Crippen LogP contribution is -2.55. The zero-order chi connectivity index (χ0) is 22.6. The van der Waals surface area contributed by atoms with Crippen molar-refractivity contribution in [2.45, 2.75) is 40.2 Å². The summed E-state index contributed by atoms with van der Waals surface area (Å²) in [5.74, 6) is 3.07. The van der Waals surface area contributed by atoms with Gasteiger partial charge >= 0.3 is 0 Å². The molecular weight excluding hydrogens is 390 g/mol. The summed E-state index contributed by atoms with van der Waals surface area (Å²) >= 11 is 0. The van der Waals surface area contributed by atoms with Crippen LogP contribution in [0.3, 0.4) is 0 Å². The molecule has 0 spiro atoms. The molecule has 1 aliphatic heterocycles. The lowest BCUT2D eigenvalue weighted by molar-refractivity contribution is 0.0900. The maximum absolute atomic E-state index is 5.74. The molecule has 0 radical (unpaired) electrons. The maximum atomic E-state index is 5.74. The quantitative estimate of drug-likeness (QED) is 0.413. The van der Waals surface area contributed by atoms with Crippen molar-refractivity contribution < 1.29 is 9.47 Å². The number of aliphatic imine (C=N–C) groups is 1. The van der Waals surface area contributed by atoms with Gasteiger partial charge in [0, 0.05) is 52.4 Å². The fourth-order valence-electron chi connectivity index (χ4n) is 3.94. The van der Waals surface area contributed by atoms with E-state index in [4.69, 9.17) is 9.47 Å². The van der Waals surface area contributed by atoms with Crippen LogP contribution in [0.1, 0.15) is 33.3 Å². The molecule has 176 valence electrons. The van der Waals surface area contributed by atoms with Gasteiger partial charge in [0.25, 0.3) is 0 Å². The van der Waals surface area contributed by atoms with E-state index in [1.807, 2.05) is 27.0 Å². The molecule has 1 aliphatic rings. The molecule has 0 aromatic heterocycles. The van der Waals surface area contributed by atoms with Crippen molar-refractivity contribution >= 4 is 5.96 Å². The van der Waals surface area contributed by atoms with Crippen LogP contribution in [0.5, 0.6) is 11.5 Å². The van der Waals surface area contributed by atoms with Crippen LogP contribution in [0.4, 0.5) is 0 Å². The molecule has 1 heterocycles. The van der Waals surface area contributed by atoms with E-state index in [0.717, 1.165) is 63.1 Å². The van der Waals surface area contributed by atoms with Crippen molar-refractivity contribution in [1.29, 1.82) is 0 Å². The molecule has 31 heavy (non-hydrogen) atoms. The van der Waals surface area contributed by atoms with Gasteiger partial charge in [-0.1, -0.05) is 19.9 Å². The molecule has 0 bridgehead atoms. The lowest BCUT2D eigenvalue weighted by atomic mass is 10.0. The van der Waals surface area contributed by atoms with Crippen molar-refractivity contribution in [3.63, 3.8) is 0 Å². The van der Waals surface area contributed by atoms with Crippen molar-refractivity contribution in [3.05, 3.63) is 23.8 Å². The molecule has 7 nitrogen and oxygen atoms in total. The molecule has 1 unspecified atom stereocenters. The average Bonchev–Trinajstić information content (AvgIpc) is 2.75. The van der Waals surface area contributed by atoms with Gasteiger partial charge in [-0.2, -0.15) is 0 Å². The summed E-state index contributed by atoms with van der Waals surface area (Å²) in [5, 5.41) is 7.00. The lowest BCUT2D eigenvalue weighted by Gasteiger charge is -2.40. The number of rotatable bonds is 11. The van der Waals surface area contributed by atoms with Crippen LogP contribution in [0.25, 0.3) is 0 Å². The molecule has 1 aromatic carbocycles. The Morgan fingerprint density at radius 1 is 1.03 bits per heavy atom. The van der Waals surface area contributed by atoms with E-state index in [1.54, 1.807) is 0 Å². The third-order valence-electron chi connectivity index (χ3n) is 5.79. The Hall–Kier alpha value is -1.99. The first-order valence-electron chi connectivity index (χ1n) is 11.7. The van der Waals surface area contributed by atoms with Gasteiger partial charge < -0.3 is 25.0 Å². The van der Waals surface area contributed by atoms with E-state index in [0.29, 0.717) is 25.2 Å². The van der Waals surface area contributed by atoms with Crippen LogP contribution in [-0.2, 0) is 6.42 Å². The number of likely N-dealkylation sites (N-methyl/N-ethyl adjacent to an activating group) is 1. The molecule has 1 saturated heterocycles. The van der Waals surface area contributed by atoms with Gasteiger partial charge in [-0.15, -0.1) is 0 Å². The summed E-state index contributed by atoms with van der Waals surface area (Å²) in [6, 6.07) is 6.69. The minimum atomic E-state index is 0.507. The molecule has 0 saturated carbocycles. The van der Waals surface area contributed by atoms with Crippen LogP contribution >= 0.6 is 0 Å². The second kappa shape index (κ2) is 13.4. The number of guanidine groups is 1. The summed E-state index contributed by atoms with van der Waals surface area (Å²) in [4.78, 5) is 9.43. The summed E-state index contributed by atoms with van der Waals surface area (Å²) < 4.78 is 11.4. The van der Waals surface area contributed by atoms with Crippen LogP contribution in [-0.4, -0.2) is 88.4 Å². The molecular formula is C24H43N5O2. The number of ether oxygens (including phenoxy) is 2. The molecule has 1 aromatic rings. The highest BCUT2D eigenvalue weighted by atomic mass is 16.5. The molecule has 7 heteroatoms. The summed E-state index contributed by atoms with van der Waals surface area (Å²) in [7, 11) is 4.03. The highest BCUT2D eigenvalue weighted by Gasteiger charge is 2.25. The fourth-order valence-corrected chi connectivity index (χ4v) is 3.94. The third kappa shape index (κ3) is 8.22. The van der Waals surface area contributed by atoms with Crippen molar-refractivity contribution in [2.24, 2.45) is 10.9 Å². The Balaban J connectivity index is 1.84. The van der Waals surface area contributed by atoms with Gasteiger partial charge in [-0.05, 0) is 50.9 Å². The SMILES string of the molecule is CCOc1ccc(CCNC(=NC)NCC(C(C)C)N2CCN(C)CC2)cc1OCC. The number of hydrogen-bond donors (Lipinski definition) is 2. The Kier molecular flexibility index (Phi) is 10.9. The summed E-state index contributed by atoms with van der Waals surface area (Å²) in [6.45, 7) is 16.1. The normalized spacial score (nSPS) is 16.9. The first-order chi connectivity index (χ1) is 15.0. The van der Waals surface area contributed by atoms with Crippen LogP contribution in [0.15, 0.2) is 23.2 Å². The highest BCUT2D eigenvalue weighted by molar-refractivity contribution is 5.79. The van der Waals surface area contributed by atoms with Crippen molar-refractivity contribution in [3.8, 4) is 11.5 Å². The average molecular weight is 434 g/mol. The summed E-state index contributed by atoms with van der Waals surface area (Å²) in [6.07, 6.45) is 0.888. The minimum Gasteiger partial charge on any atom is -0.490 e. The van der Waals surface area contributed by atoms with E-state index < -0.39 is 0 Å². The van der Waals surface area contributed by atoms with Gasteiger partial charge in [0.1, 0.15) is 0 Å². The predicted molar refractivity (Wildman–Crippen MR) is 130 cm³/mol. The Morgan fingerprint density at radius 3 is 2.32 bits per heavy atom. The maximum Gasteiger partial charge on any atom is 0.191 e. The van der Waals surface area contributed by atoms with Gasteiger partial charge in [0.15, 0.2) is 17.5 Å². The zero-order valence-electron chi connectivity index (χ0n) is 20.4. The van der Waals surface area contributed by atoms with Gasteiger partial charge in [0.05, 0.1) is 13.2 Å². The third-order valence-corrected chi connectivity index (χ3v) is 5.79. The fraction of sp³-hybridized carbons (Fsp3) is 0.708. The Bertz CT molecular complexity index is 672. The van der Waals surface area contributed by atoms with Gasteiger partial charge in [0.2, 0.25) is 0 Å². The molecule has 2 N–H and O–H groups in total. The molecule has 0 amide bonds. The largest absolute Gasteiger partial charge is 0.490 e. The van der Waals surface area contributed by atoms with E-state index in [2.05, 4.69) is 58.5 Å². The number of hydrogen-bond acceptors (Lipinski definition) is 5. The van der Waals surface area contributed by atoms with E-state index in [1.165, 1.54) is 5.56 Å².